The van der Waals surface area contributed by atoms with Gasteiger partial charge in [0.2, 0.25) is 10.0 Å². The molecule has 0 radical (unpaired) electrons. The number of pyridine rings is 1. The highest BCUT2D eigenvalue weighted by atomic mass is 32.2. The first-order chi connectivity index (χ1) is 8.35. The molecule has 1 atom stereocenters. The number of hydrogen-bond donors (Lipinski definition) is 2. The summed E-state index contributed by atoms with van der Waals surface area (Å²) < 4.78 is 26.5. The lowest BCUT2D eigenvalue weighted by Crippen LogP contribution is -2.32. The molecule has 1 aromatic rings. The van der Waals surface area contributed by atoms with E-state index in [1.165, 1.54) is 6.20 Å². The van der Waals surface area contributed by atoms with Gasteiger partial charge >= 0.3 is 0 Å². The molecule has 5 nitrogen and oxygen atoms in total. The van der Waals surface area contributed by atoms with Crippen molar-refractivity contribution in [1.29, 1.82) is 0 Å². The van der Waals surface area contributed by atoms with E-state index in [1.807, 2.05) is 27.7 Å². The standard InChI is InChI=1S/C12H21N3O2S/c1-5-10(4)15-18(16,17)11-6-7-12(13-8-11)14-9(2)3/h6-10,15H,5H2,1-4H3,(H,13,14). The lowest BCUT2D eigenvalue weighted by molar-refractivity contribution is 0.555. The van der Waals surface area contributed by atoms with Crippen molar-refractivity contribution in [2.45, 2.75) is 51.1 Å². The van der Waals surface area contributed by atoms with E-state index in [9.17, 15) is 8.42 Å². The molecular weight excluding hydrogens is 250 g/mol. The molecule has 18 heavy (non-hydrogen) atoms. The van der Waals surface area contributed by atoms with Crippen LogP contribution in [0.1, 0.15) is 34.1 Å². The smallest absolute Gasteiger partial charge is 0.242 e. The lowest BCUT2D eigenvalue weighted by Gasteiger charge is -2.13. The summed E-state index contributed by atoms with van der Waals surface area (Å²) in [5.74, 6) is 0.674. The number of aromatic nitrogens is 1. The van der Waals surface area contributed by atoms with Crippen LogP contribution in [0.25, 0.3) is 0 Å². The van der Waals surface area contributed by atoms with E-state index in [0.717, 1.165) is 6.42 Å². The molecule has 0 aliphatic rings. The molecule has 0 fully saturated rings. The molecule has 2 N–H and O–H groups in total. The molecule has 0 aliphatic heterocycles. The average molecular weight is 271 g/mol. The Hall–Kier alpha value is -1.14. The van der Waals surface area contributed by atoms with Gasteiger partial charge in [0.25, 0.3) is 0 Å². The van der Waals surface area contributed by atoms with Crippen LogP contribution >= 0.6 is 0 Å². The van der Waals surface area contributed by atoms with E-state index >= 15 is 0 Å². The Balaban J connectivity index is 2.84. The van der Waals surface area contributed by atoms with Crippen molar-refractivity contribution in [1.82, 2.24) is 9.71 Å². The topological polar surface area (TPSA) is 71.1 Å². The average Bonchev–Trinajstić information content (AvgIpc) is 2.28. The van der Waals surface area contributed by atoms with Crippen molar-refractivity contribution in [2.24, 2.45) is 0 Å². The van der Waals surface area contributed by atoms with Gasteiger partial charge in [-0.3, -0.25) is 0 Å². The van der Waals surface area contributed by atoms with Crippen LogP contribution in [0.3, 0.4) is 0 Å². The second-order valence-electron chi connectivity index (χ2n) is 4.61. The fraction of sp³-hybridized carbons (Fsp3) is 0.583. The third-order valence-corrected chi connectivity index (χ3v) is 4.03. The van der Waals surface area contributed by atoms with Crippen LogP contribution in [0.4, 0.5) is 5.82 Å². The van der Waals surface area contributed by atoms with Gasteiger partial charge in [-0.1, -0.05) is 6.92 Å². The maximum absolute atomic E-state index is 12.0. The summed E-state index contributed by atoms with van der Waals surface area (Å²) in [6.07, 6.45) is 2.12. The van der Waals surface area contributed by atoms with Gasteiger partial charge < -0.3 is 5.32 Å². The van der Waals surface area contributed by atoms with Crippen LogP contribution < -0.4 is 10.0 Å². The van der Waals surface area contributed by atoms with Crippen LogP contribution in [0.2, 0.25) is 0 Å². The van der Waals surface area contributed by atoms with Crippen molar-refractivity contribution in [3.05, 3.63) is 18.3 Å². The molecule has 0 amide bonds. The number of sulfonamides is 1. The second kappa shape index (κ2) is 6.15. The fourth-order valence-electron chi connectivity index (χ4n) is 1.34. The lowest BCUT2D eigenvalue weighted by atomic mass is 10.3. The van der Waals surface area contributed by atoms with Crippen LogP contribution in [0.5, 0.6) is 0 Å². The zero-order chi connectivity index (χ0) is 13.8. The molecule has 1 rings (SSSR count). The Bertz CT molecular complexity index is 469. The van der Waals surface area contributed by atoms with Gasteiger partial charge in [0.05, 0.1) is 0 Å². The minimum absolute atomic E-state index is 0.0801. The number of nitrogens with one attached hydrogen (secondary N) is 2. The van der Waals surface area contributed by atoms with E-state index in [1.54, 1.807) is 12.1 Å². The highest BCUT2D eigenvalue weighted by Gasteiger charge is 2.16. The van der Waals surface area contributed by atoms with Crippen LogP contribution in [0.15, 0.2) is 23.2 Å². The molecule has 1 heterocycles. The molecule has 6 heteroatoms. The quantitative estimate of drug-likeness (QED) is 0.830. The predicted molar refractivity (Wildman–Crippen MR) is 73.1 cm³/mol. The third kappa shape index (κ3) is 4.27. The number of anilines is 1. The van der Waals surface area contributed by atoms with Gasteiger partial charge in [0.1, 0.15) is 10.7 Å². The molecular formula is C12H21N3O2S. The van der Waals surface area contributed by atoms with E-state index in [2.05, 4.69) is 15.0 Å². The first kappa shape index (κ1) is 14.9. The molecule has 1 aromatic heterocycles. The third-order valence-electron chi connectivity index (χ3n) is 2.45. The normalized spacial score (nSPS) is 13.6. The minimum Gasteiger partial charge on any atom is -0.368 e. The Morgan fingerprint density at radius 3 is 2.39 bits per heavy atom. The van der Waals surface area contributed by atoms with Gasteiger partial charge in [0, 0.05) is 18.3 Å². The summed E-state index contributed by atoms with van der Waals surface area (Å²) in [7, 11) is -3.46. The number of rotatable bonds is 6. The Kier molecular flexibility index (Phi) is 5.10. The minimum atomic E-state index is -3.46. The summed E-state index contributed by atoms with van der Waals surface area (Å²) in [5, 5.41) is 3.11. The van der Waals surface area contributed by atoms with E-state index < -0.39 is 10.0 Å². The first-order valence-electron chi connectivity index (χ1n) is 6.10. The van der Waals surface area contributed by atoms with E-state index in [4.69, 9.17) is 0 Å². The van der Waals surface area contributed by atoms with Crippen molar-refractivity contribution < 1.29 is 8.42 Å². The van der Waals surface area contributed by atoms with Gasteiger partial charge in [-0.15, -0.1) is 0 Å². The van der Waals surface area contributed by atoms with E-state index in [0.29, 0.717) is 5.82 Å². The first-order valence-corrected chi connectivity index (χ1v) is 7.58. The summed E-state index contributed by atoms with van der Waals surface area (Å²) in [6, 6.07) is 3.41. The summed E-state index contributed by atoms with van der Waals surface area (Å²) in [6.45, 7) is 7.76. The highest BCUT2D eigenvalue weighted by Crippen LogP contribution is 2.12. The molecule has 0 aromatic carbocycles. The molecule has 102 valence electrons. The predicted octanol–water partition coefficient (Wildman–Crippen LogP) is 1.98. The van der Waals surface area contributed by atoms with Crippen LogP contribution in [-0.4, -0.2) is 25.5 Å². The zero-order valence-electron chi connectivity index (χ0n) is 11.3. The van der Waals surface area contributed by atoms with Gasteiger partial charge in [-0.05, 0) is 39.3 Å². The van der Waals surface area contributed by atoms with Crippen LogP contribution in [-0.2, 0) is 10.0 Å². The van der Waals surface area contributed by atoms with Gasteiger partial charge in [0.15, 0.2) is 0 Å². The SMILES string of the molecule is CCC(C)NS(=O)(=O)c1ccc(NC(C)C)nc1. The molecule has 0 saturated heterocycles. The highest BCUT2D eigenvalue weighted by molar-refractivity contribution is 7.89. The van der Waals surface area contributed by atoms with Gasteiger partial charge in [-0.2, -0.15) is 0 Å². The molecule has 0 bridgehead atoms. The van der Waals surface area contributed by atoms with Crippen molar-refractivity contribution in [3.63, 3.8) is 0 Å². The second-order valence-corrected chi connectivity index (χ2v) is 6.32. The van der Waals surface area contributed by atoms with Crippen molar-refractivity contribution in [2.75, 3.05) is 5.32 Å². The molecule has 1 unspecified atom stereocenters. The van der Waals surface area contributed by atoms with Crippen molar-refractivity contribution in [3.8, 4) is 0 Å². The Morgan fingerprint density at radius 1 is 1.28 bits per heavy atom. The van der Waals surface area contributed by atoms with Crippen molar-refractivity contribution >= 4 is 15.8 Å². The number of nitrogens with zero attached hydrogens (tertiary/aromatic N) is 1. The monoisotopic (exact) mass is 271 g/mol. The summed E-state index contributed by atoms with van der Waals surface area (Å²) in [4.78, 5) is 4.28. The fourth-order valence-corrected chi connectivity index (χ4v) is 2.61. The van der Waals surface area contributed by atoms with Gasteiger partial charge in [-0.25, -0.2) is 18.1 Å². The summed E-state index contributed by atoms with van der Waals surface area (Å²) >= 11 is 0. The van der Waals surface area contributed by atoms with Crippen LogP contribution in [0, 0.1) is 0 Å². The number of hydrogen-bond acceptors (Lipinski definition) is 4. The van der Waals surface area contributed by atoms with E-state index in [-0.39, 0.29) is 17.0 Å². The summed E-state index contributed by atoms with van der Waals surface area (Å²) in [5.41, 5.74) is 0. The maximum Gasteiger partial charge on any atom is 0.242 e. The Morgan fingerprint density at radius 2 is 1.94 bits per heavy atom. The molecule has 0 spiro atoms. The largest absolute Gasteiger partial charge is 0.368 e. The molecule has 0 saturated carbocycles. The maximum atomic E-state index is 12.0. The Labute approximate surface area is 109 Å². The zero-order valence-corrected chi connectivity index (χ0v) is 12.1. The molecule has 0 aliphatic carbocycles.